The van der Waals surface area contributed by atoms with Gasteiger partial charge in [-0.25, -0.2) is 9.37 Å². The molecule has 6 nitrogen and oxygen atoms in total. The molecular formula is C17H13FN2O4S. The highest BCUT2D eigenvalue weighted by Crippen LogP contribution is 2.28. The summed E-state index contributed by atoms with van der Waals surface area (Å²) in [6.07, 6.45) is 0.689. The standard InChI is InChI=1S/C17H13FN2O4S/c1-23-14-6-10(8-21)2-5-13(14)24-9-16(22)20-17-19-12-4-3-11(18)7-15(12)25-17/h2-8H,9H2,1H3,(H,19,20,22). The summed E-state index contributed by atoms with van der Waals surface area (Å²) in [5.74, 6) is -0.0771. The molecule has 0 saturated carbocycles. The summed E-state index contributed by atoms with van der Waals surface area (Å²) < 4.78 is 24.4. The number of halogens is 1. The van der Waals surface area contributed by atoms with Crippen molar-refractivity contribution in [1.82, 2.24) is 4.98 Å². The summed E-state index contributed by atoms with van der Waals surface area (Å²) in [6.45, 7) is -0.263. The molecule has 0 aliphatic rings. The van der Waals surface area contributed by atoms with Gasteiger partial charge in [0.15, 0.2) is 23.2 Å². The number of carbonyl (C=O) groups is 2. The Hall–Kier alpha value is -3.00. The molecule has 25 heavy (non-hydrogen) atoms. The second-order valence-corrected chi connectivity index (χ2v) is 6.03. The Labute approximate surface area is 146 Å². The molecule has 128 valence electrons. The predicted molar refractivity (Wildman–Crippen MR) is 92.1 cm³/mol. The molecule has 1 aromatic heterocycles. The molecule has 0 bridgehead atoms. The van der Waals surface area contributed by atoms with Crippen molar-refractivity contribution in [2.24, 2.45) is 0 Å². The van der Waals surface area contributed by atoms with E-state index in [2.05, 4.69) is 10.3 Å². The second kappa shape index (κ2) is 7.27. The Morgan fingerprint density at radius 2 is 2.12 bits per heavy atom. The third-order valence-corrected chi connectivity index (χ3v) is 4.21. The van der Waals surface area contributed by atoms with Gasteiger partial charge in [-0.05, 0) is 36.4 Å². The zero-order valence-electron chi connectivity index (χ0n) is 13.1. The molecule has 1 heterocycles. The summed E-state index contributed by atoms with van der Waals surface area (Å²) in [4.78, 5) is 27.0. The number of nitrogens with one attached hydrogen (secondary N) is 1. The number of ether oxygens (including phenoxy) is 2. The first-order valence-electron chi connectivity index (χ1n) is 7.21. The molecule has 0 aliphatic heterocycles. The molecule has 1 N–H and O–H groups in total. The normalized spacial score (nSPS) is 10.5. The van der Waals surface area contributed by atoms with Crippen LogP contribution in [0.5, 0.6) is 11.5 Å². The highest BCUT2D eigenvalue weighted by molar-refractivity contribution is 7.22. The van der Waals surface area contributed by atoms with E-state index in [-0.39, 0.29) is 12.4 Å². The Morgan fingerprint density at radius 3 is 2.88 bits per heavy atom. The highest BCUT2D eigenvalue weighted by atomic mass is 32.1. The smallest absolute Gasteiger partial charge is 0.264 e. The first-order valence-corrected chi connectivity index (χ1v) is 8.02. The lowest BCUT2D eigenvalue weighted by atomic mass is 10.2. The average molecular weight is 360 g/mol. The fraction of sp³-hybridized carbons (Fsp3) is 0.118. The van der Waals surface area contributed by atoms with Crippen LogP contribution in [-0.2, 0) is 4.79 Å². The Bertz CT molecular complexity index is 942. The minimum Gasteiger partial charge on any atom is -0.493 e. The van der Waals surface area contributed by atoms with Gasteiger partial charge in [-0.15, -0.1) is 0 Å². The van der Waals surface area contributed by atoms with E-state index in [0.29, 0.717) is 38.7 Å². The monoisotopic (exact) mass is 360 g/mol. The first kappa shape index (κ1) is 16.8. The van der Waals surface area contributed by atoms with E-state index in [1.807, 2.05) is 0 Å². The summed E-state index contributed by atoms with van der Waals surface area (Å²) in [5.41, 5.74) is 1.05. The average Bonchev–Trinajstić information content (AvgIpc) is 3.00. The van der Waals surface area contributed by atoms with Gasteiger partial charge in [0.05, 0.1) is 17.3 Å². The van der Waals surface area contributed by atoms with Gasteiger partial charge in [0, 0.05) is 5.56 Å². The quantitative estimate of drug-likeness (QED) is 0.683. The van der Waals surface area contributed by atoms with Crippen LogP contribution in [0.15, 0.2) is 36.4 Å². The topological polar surface area (TPSA) is 77.5 Å². The van der Waals surface area contributed by atoms with E-state index in [0.717, 1.165) is 0 Å². The molecule has 2 aromatic carbocycles. The number of benzene rings is 2. The molecule has 1 amide bonds. The van der Waals surface area contributed by atoms with Gasteiger partial charge in [0.25, 0.3) is 5.91 Å². The summed E-state index contributed by atoms with van der Waals surface area (Å²) in [7, 11) is 1.44. The number of methoxy groups -OCH3 is 1. The van der Waals surface area contributed by atoms with Crippen LogP contribution >= 0.6 is 11.3 Å². The minimum atomic E-state index is -0.416. The van der Waals surface area contributed by atoms with Gasteiger partial charge in [-0.2, -0.15) is 0 Å². The predicted octanol–water partition coefficient (Wildman–Crippen LogP) is 3.27. The van der Waals surface area contributed by atoms with Gasteiger partial charge in [0.1, 0.15) is 12.1 Å². The number of carbonyl (C=O) groups excluding carboxylic acids is 2. The number of amides is 1. The van der Waals surface area contributed by atoms with Crippen molar-refractivity contribution in [3.05, 3.63) is 47.8 Å². The zero-order chi connectivity index (χ0) is 17.8. The van der Waals surface area contributed by atoms with E-state index in [1.54, 1.807) is 18.2 Å². The van der Waals surface area contributed by atoms with Gasteiger partial charge < -0.3 is 9.47 Å². The van der Waals surface area contributed by atoms with Crippen LogP contribution in [0.3, 0.4) is 0 Å². The first-order chi connectivity index (χ1) is 12.1. The van der Waals surface area contributed by atoms with Gasteiger partial charge in [-0.3, -0.25) is 14.9 Å². The molecule has 0 atom stereocenters. The van der Waals surface area contributed by atoms with E-state index in [1.165, 1.54) is 36.6 Å². The molecule has 0 saturated heterocycles. The number of anilines is 1. The third kappa shape index (κ3) is 3.92. The lowest BCUT2D eigenvalue weighted by Gasteiger charge is -2.10. The van der Waals surface area contributed by atoms with Crippen LogP contribution in [-0.4, -0.2) is 30.9 Å². The van der Waals surface area contributed by atoms with Gasteiger partial charge in [-0.1, -0.05) is 11.3 Å². The van der Waals surface area contributed by atoms with E-state index in [4.69, 9.17) is 9.47 Å². The van der Waals surface area contributed by atoms with Gasteiger partial charge >= 0.3 is 0 Å². The van der Waals surface area contributed by atoms with Crippen LogP contribution in [0.1, 0.15) is 10.4 Å². The summed E-state index contributed by atoms with van der Waals surface area (Å²) in [6, 6.07) is 8.85. The number of thiazole rings is 1. The fourth-order valence-electron chi connectivity index (χ4n) is 2.13. The van der Waals surface area contributed by atoms with Crippen molar-refractivity contribution in [3.8, 4) is 11.5 Å². The zero-order valence-corrected chi connectivity index (χ0v) is 13.9. The van der Waals surface area contributed by atoms with Gasteiger partial charge in [0.2, 0.25) is 0 Å². The molecule has 0 spiro atoms. The van der Waals surface area contributed by atoms with Crippen LogP contribution in [0.4, 0.5) is 9.52 Å². The van der Waals surface area contributed by atoms with Crippen LogP contribution in [0.2, 0.25) is 0 Å². The number of aromatic nitrogens is 1. The largest absolute Gasteiger partial charge is 0.493 e. The number of aldehydes is 1. The van der Waals surface area contributed by atoms with Crippen molar-refractivity contribution in [1.29, 1.82) is 0 Å². The molecule has 3 aromatic rings. The maximum atomic E-state index is 13.2. The molecule has 0 aliphatic carbocycles. The van der Waals surface area contributed by atoms with E-state index in [9.17, 15) is 14.0 Å². The van der Waals surface area contributed by atoms with Crippen LogP contribution in [0.25, 0.3) is 10.2 Å². The number of fused-ring (bicyclic) bond motifs is 1. The molecule has 0 unspecified atom stereocenters. The van der Waals surface area contributed by atoms with Crippen LogP contribution < -0.4 is 14.8 Å². The Morgan fingerprint density at radius 1 is 1.28 bits per heavy atom. The van der Waals surface area contributed by atoms with E-state index >= 15 is 0 Å². The summed E-state index contributed by atoms with van der Waals surface area (Å²) >= 11 is 1.17. The maximum Gasteiger partial charge on any atom is 0.264 e. The SMILES string of the molecule is COc1cc(C=O)ccc1OCC(=O)Nc1nc2ccc(F)cc2s1. The second-order valence-electron chi connectivity index (χ2n) is 5.00. The van der Waals surface area contributed by atoms with Crippen molar-refractivity contribution in [2.75, 3.05) is 19.0 Å². The maximum absolute atomic E-state index is 13.2. The molecule has 0 radical (unpaired) electrons. The van der Waals surface area contributed by atoms with E-state index < -0.39 is 5.91 Å². The minimum absolute atomic E-state index is 0.263. The molecule has 8 heteroatoms. The molecular weight excluding hydrogens is 347 g/mol. The molecule has 0 fully saturated rings. The number of nitrogens with zero attached hydrogens (tertiary/aromatic N) is 1. The molecule has 3 rings (SSSR count). The Kier molecular flexibility index (Phi) is 4.90. The lowest BCUT2D eigenvalue weighted by Crippen LogP contribution is -2.20. The van der Waals surface area contributed by atoms with Crippen molar-refractivity contribution in [3.63, 3.8) is 0 Å². The lowest BCUT2D eigenvalue weighted by molar-refractivity contribution is -0.118. The fourth-order valence-corrected chi connectivity index (χ4v) is 3.03. The highest BCUT2D eigenvalue weighted by Gasteiger charge is 2.11. The Balaban J connectivity index is 1.65. The summed E-state index contributed by atoms with van der Waals surface area (Å²) in [5, 5.41) is 2.96. The van der Waals surface area contributed by atoms with Crippen molar-refractivity contribution >= 4 is 38.9 Å². The van der Waals surface area contributed by atoms with Crippen molar-refractivity contribution < 1.29 is 23.5 Å². The number of hydrogen-bond acceptors (Lipinski definition) is 6. The van der Waals surface area contributed by atoms with Crippen LogP contribution in [0, 0.1) is 5.82 Å². The number of hydrogen-bond donors (Lipinski definition) is 1. The third-order valence-electron chi connectivity index (χ3n) is 3.28. The number of rotatable bonds is 6. The van der Waals surface area contributed by atoms with Crippen molar-refractivity contribution in [2.45, 2.75) is 0 Å².